The van der Waals surface area contributed by atoms with Crippen LogP contribution in [0.2, 0.25) is 0 Å². The van der Waals surface area contributed by atoms with Crippen LogP contribution >= 0.6 is 0 Å². The molecule has 27 heavy (non-hydrogen) atoms. The zero-order valence-electron chi connectivity index (χ0n) is 15.8. The smallest absolute Gasteiger partial charge is 0.355 e. The maximum atomic E-state index is 12.5. The Morgan fingerprint density at radius 3 is 2.33 bits per heavy atom. The summed E-state index contributed by atoms with van der Waals surface area (Å²) in [6.45, 7) is 3.79. The van der Waals surface area contributed by atoms with Crippen LogP contribution in [0.25, 0.3) is 11.1 Å². The minimum absolute atomic E-state index is 0.0794. The molecule has 7 nitrogen and oxygen atoms in total. The van der Waals surface area contributed by atoms with E-state index in [1.807, 2.05) is 6.92 Å². The molecule has 0 radical (unpaired) electrons. The van der Waals surface area contributed by atoms with E-state index >= 15 is 0 Å². The first-order valence-corrected chi connectivity index (χ1v) is 10.3. The van der Waals surface area contributed by atoms with Crippen molar-refractivity contribution in [3.05, 3.63) is 46.8 Å². The lowest BCUT2D eigenvalue weighted by molar-refractivity contribution is 0.0516. The molecule has 0 saturated heterocycles. The third kappa shape index (κ3) is 4.56. The molecule has 0 unspecified atom stereocenters. The maximum absolute atomic E-state index is 12.5. The maximum Gasteiger partial charge on any atom is 0.355 e. The van der Waals surface area contributed by atoms with E-state index in [2.05, 4.69) is 6.07 Å². The number of hydrogen-bond acceptors (Lipinski definition) is 6. The second-order valence-electron chi connectivity index (χ2n) is 5.95. The molecular formula is C19H22N2O5S. The molecule has 0 aliphatic heterocycles. The molecule has 2 rings (SSSR count). The minimum atomic E-state index is -3.53. The van der Waals surface area contributed by atoms with Gasteiger partial charge in [0.2, 0.25) is 0 Å². The molecule has 1 aromatic carbocycles. The number of ether oxygens (including phenoxy) is 1. The predicted molar refractivity (Wildman–Crippen MR) is 101 cm³/mol. The second kappa shape index (κ2) is 8.37. The standard InChI is InChI=1S/C19H22N2O5S/c1-5-16-15(11-20)17(18(21(16)3)19(22)25-6-2)14-9-7-13(8-10-14)12-26-27(4,23)24/h7-10H,5-6,12H2,1-4H3. The van der Waals surface area contributed by atoms with E-state index in [1.54, 1.807) is 42.8 Å². The van der Waals surface area contributed by atoms with E-state index < -0.39 is 16.1 Å². The van der Waals surface area contributed by atoms with Gasteiger partial charge in [0.1, 0.15) is 11.8 Å². The number of benzene rings is 1. The molecule has 144 valence electrons. The highest BCUT2D eigenvalue weighted by Crippen LogP contribution is 2.33. The molecule has 0 atom stereocenters. The molecule has 0 N–H and O–H groups in total. The average molecular weight is 390 g/mol. The van der Waals surface area contributed by atoms with Crippen molar-refractivity contribution in [3.63, 3.8) is 0 Å². The fourth-order valence-electron chi connectivity index (χ4n) is 2.93. The van der Waals surface area contributed by atoms with Crippen LogP contribution in [0.5, 0.6) is 0 Å². The first-order chi connectivity index (χ1) is 12.7. The van der Waals surface area contributed by atoms with Gasteiger partial charge < -0.3 is 9.30 Å². The number of carbonyl (C=O) groups excluding carboxylic acids is 1. The van der Waals surface area contributed by atoms with E-state index in [9.17, 15) is 18.5 Å². The van der Waals surface area contributed by atoms with Gasteiger partial charge in [-0.3, -0.25) is 4.18 Å². The fraction of sp³-hybridized carbons (Fsp3) is 0.368. The van der Waals surface area contributed by atoms with Crippen LogP contribution in [-0.2, 0) is 39.1 Å². The molecule has 0 saturated carbocycles. The van der Waals surface area contributed by atoms with Crippen molar-refractivity contribution in [3.8, 4) is 17.2 Å². The van der Waals surface area contributed by atoms with Crippen molar-refractivity contribution in [2.24, 2.45) is 7.05 Å². The van der Waals surface area contributed by atoms with Gasteiger partial charge in [0.25, 0.3) is 10.1 Å². The van der Waals surface area contributed by atoms with Gasteiger partial charge in [0.05, 0.1) is 25.0 Å². The SMILES string of the molecule is CCOC(=O)c1c(-c2ccc(COS(C)(=O)=O)cc2)c(C#N)c(CC)n1C. The quantitative estimate of drug-likeness (QED) is 0.532. The summed E-state index contributed by atoms with van der Waals surface area (Å²) in [5.41, 5.74) is 3.36. The third-order valence-corrected chi connectivity index (χ3v) is 4.66. The van der Waals surface area contributed by atoms with Crippen molar-refractivity contribution in [2.45, 2.75) is 26.9 Å². The summed E-state index contributed by atoms with van der Waals surface area (Å²) in [6, 6.07) is 9.08. The molecule has 1 heterocycles. The van der Waals surface area contributed by atoms with Gasteiger partial charge in [0, 0.05) is 18.3 Å². The number of rotatable bonds is 7. The lowest BCUT2D eigenvalue weighted by Gasteiger charge is -2.09. The number of hydrogen-bond donors (Lipinski definition) is 0. The highest BCUT2D eigenvalue weighted by Gasteiger charge is 2.26. The Hall–Kier alpha value is -2.63. The largest absolute Gasteiger partial charge is 0.461 e. The zero-order chi connectivity index (χ0) is 20.2. The van der Waals surface area contributed by atoms with Crippen LogP contribution in [-0.4, -0.2) is 31.8 Å². The Labute approximate surface area is 159 Å². The van der Waals surface area contributed by atoms with Gasteiger partial charge in [0.15, 0.2) is 0 Å². The van der Waals surface area contributed by atoms with E-state index in [0.29, 0.717) is 34.4 Å². The summed E-state index contributed by atoms with van der Waals surface area (Å²) < 4.78 is 33.9. The van der Waals surface area contributed by atoms with Crippen molar-refractivity contribution < 1.29 is 22.1 Å². The number of carbonyl (C=O) groups is 1. The molecule has 0 fully saturated rings. The van der Waals surface area contributed by atoms with Crippen LogP contribution < -0.4 is 0 Å². The first kappa shape index (κ1) is 20.7. The highest BCUT2D eigenvalue weighted by atomic mass is 32.2. The van der Waals surface area contributed by atoms with Crippen molar-refractivity contribution in [2.75, 3.05) is 12.9 Å². The van der Waals surface area contributed by atoms with E-state index in [4.69, 9.17) is 8.92 Å². The monoisotopic (exact) mass is 390 g/mol. The van der Waals surface area contributed by atoms with E-state index in [1.165, 1.54) is 0 Å². The molecule has 1 aromatic heterocycles. The van der Waals surface area contributed by atoms with Crippen molar-refractivity contribution in [1.29, 1.82) is 5.26 Å². The number of esters is 1. The van der Waals surface area contributed by atoms with Gasteiger partial charge in [-0.1, -0.05) is 31.2 Å². The van der Waals surface area contributed by atoms with Crippen molar-refractivity contribution in [1.82, 2.24) is 4.57 Å². The van der Waals surface area contributed by atoms with E-state index in [0.717, 1.165) is 11.9 Å². The molecule has 0 amide bonds. The van der Waals surface area contributed by atoms with Gasteiger partial charge in [-0.2, -0.15) is 13.7 Å². The van der Waals surface area contributed by atoms with Crippen molar-refractivity contribution >= 4 is 16.1 Å². The molecule has 0 spiro atoms. The van der Waals surface area contributed by atoms with Gasteiger partial charge in [-0.15, -0.1) is 0 Å². The van der Waals surface area contributed by atoms with E-state index in [-0.39, 0.29) is 13.2 Å². The summed E-state index contributed by atoms with van der Waals surface area (Å²) in [5.74, 6) is -0.490. The average Bonchev–Trinajstić information content (AvgIpc) is 2.91. The van der Waals surface area contributed by atoms with Crippen LogP contribution in [0.15, 0.2) is 24.3 Å². The van der Waals surface area contributed by atoms with Gasteiger partial charge in [-0.25, -0.2) is 4.79 Å². The lowest BCUT2D eigenvalue weighted by Crippen LogP contribution is -2.12. The Kier molecular flexibility index (Phi) is 6.41. The summed E-state index contributed by atoms with van der Waals surface area (Å²) in [5, 5.41) is 9.67. The molecule has 2 aromatic rings. The summed E-state index contributed by atoms with van der Waals surface area (Å²) >= 11 is 0. The Balaban J connectivity index is 2.53. The summed E-state index contributed by atoms with van der Waals surface area (Å²) in [6.07, 6.45) is 1.58. The number of aromatic nitrogens is 1. The number of nitriles is 1. The second-order valence-corrected chi connectivity index (χ2v) is 7.60. The fourth-order valence-corrected chi connectivity index (χ4v) is 3.28. The van der Waals surface area contributed by atoms with Crippen LogP contribution in [0.3, 0.4) is 0 Å². The molecule has 0 aliphatic carbocycles. The van der Waals surface area contributed by atoms with Gasteiger partial charge in [-0.05, 0) is 24.5 Å². The molecular weight excluding hydrogens is 368 g/mol. The lowest BCUT2D eigenvalue weighted by atomic mass is 9.99. The third-order valence-electron chi connectivity index (χ3n) is 4.11. The predicted octanol–water partition coefficient (Wildman–Crippen LogP) is 2.78. The molecule has 0 bridgehead atoms. The van der Waals surface area contributed by atoms with Crippen LogP contribution in [0, 0.1) is 11.3 Å². The normalized spacial score (nSPS) is 11.2. The van der Waals surface area contributed by atoms with Gasteiger partial charge >= 0.3 is 5.97 Å². The zero-order valence-corrected chi connectivity index (χ0v) is 16.6. The first-order valence-electron chi connectivity index (χ1n) is 8.45. The molecule has 8 heteroatoms. The summed E-state index contributed by atoms with van der Waals surface area (Å²) in [7, 11) is -1.79. The Morgan fingerprint density at radius 1 is 1.22 bits per heavy atom. The van der Waals surface area contributed by atoms with Crippen LogP contribution in [0.1, 0.15) is 41.2 Å². The highest BCUT2D eigenvalue weighted by molar-refractivity contribution is 7.85. The number of nitrogens with zero attached hydrogens (tertiary/aromatic N) is 2. The Bertz CT molecular complexity index is 983. The molecule has 0 aliphatic rings. The Morgan fingerprint density at radius 2 is 1.85 bits per heavy atom. The minimum Gasteiger partial charge on any atom is -0.461 e. The van der Waals surface area contributed by atoms with Crippen LogP contribution in [0.4, 0.5) is 0 Å². The topological polar surface area (TPSA) is 98.4 Å². The summed E-state index contributed by atoms with van der Waals surface area (Å²) in [4.78, 5) is 12.5.